The van der Waals surface area contributed by atoms with Gasteiger partial charge in [0.2, 0.25) is 5.89 Å². The van der Waals surface area contributed by atoms with Gasteiger partial charge in [-0.05, 0) is 54.6 Å². The third-order valence-corrected chi connectivity index (χ3v) is 6.10. The number of benzene rings is 3. The molecule has 0 aliphatic heterocycles. The molecule has 5 nitrogen and oxygen atoms in total. The lowest BCUT2D eigenvalue weighted by Crippen LogP contribution is -1.98. The van der Waals surface area contributed by atoms with E-state index < -0.39 is 0 Å². The first kappa shape index (κ1) is 18.8. The molecular weight excluding hydrogens is 420 g/mol. The molecule has 7 aromatic rings. The predicted octanol–water partition coefficient (Wildman–Crippen LogP) is 7.05. The van der Waals surface area contributed by atoms with Gasteiger partial charge in [0, 0.05) is 17.1 Å². The zero-order valence-corrected chi connectivity index (χ0v) is 18.1. The highest BCUT2D eigenvalue weighted by atomic mass is 16.3. The van der Waals surface area contributed by atoms with Gasteiger partial charge in [-0.25, -0.2) is 9.97 Å². The van der Waals surface area contributed by atoms with Crippen molar-refractivity contribution in [2.75, 3.05) is 0 Å². The van der Waals surface area contributed by atoms with Crippen LogP contribution in [0.5, 0.6) is 0 Å². The van der Waals surface area contributed by atoms with E-state index in [2.05, 4.69) is 33.8 Å². The summed E-state index contributed by atoms with van der Waals surface area (Å²) < 4.78 is 8.54. The van der Waals surface area contributed by atoms with Gasteiger partial charge >= 0.3 is 0 Å². The van der Waals surface area contributed by atoms with Crippen LogP contribution >= 0.6 is 0 Å². The Hall–Kier alpha value is -4.77. The molecule has 4 aromatic heterocycles. The molecule has 0 saturated heterocycles. The van der Waals surface area contributed by atoms with Crippen LogP contribution in [0.15, 0.2) is 114 Å². The Kier molecular flexibility index (Phi) is 4.08. The van der Waals surface area contributed by atoms with Crippen molar-refractivity contribution in [3.8, 4) is 28.7 Å². The summed E-state index contributed by atoms with van der Waals surface area (Å²) in [5.74, 6) is 1.45. The molecule has 0 radical (unpaired) electrons. The van der Waals surface area contributed by atoms with Gasteiger partial charge in [-0.2, -0.15) is 0 Å². The summed E-state index contributed by atoms with van der Waals surface area (Å²) in [5.41, 5.74) is 6.34. The molecule has 0 amide bonds. The molecule has 7 rings (SSSR count). The lowest BCUT2D eigenvalue weighted by Gasteiger charge is -2.08. The van der Waals surface area contributed by atoms with E-state index in [-0.39, 0.29) is 0 Å². The number of oxazole rings is 1. The molecule has 34 heavy (non-hydrogen) atoms. The first-order valence-corrected chi connectivity index (χ1v) is 11.1. The van der Waals surface area contributed by atoms with E-state index in [4.69, 9.17) is 14.4 Å². The fourth-order valence-corrected chi connectivity index (χ4v) is 4.59. The minimum absolute atomic E-state index is 0.621. The number of aromatic nitrogens is 4. The van der Waals surface area contributed by atoms with Gasteiger partial charge in [-0.1, -0.05) is 48.5 Å². The number of hydrogen-bond donors (Lipinski definition) is 0. The highest BCUT2D eigenvalue weighted by molar-refractivity contribution is 6.19. The maximum absolute atomic E-state index is 6.36. The Morgan fingerprint density at radius 2 is 1.44 bits per heavy atom. The summed E-state index contributed by atoms with van der Waals surface area (Å²) in [6.07, 6.45) is 1.79. The van der Waals surface area contributed by atoms with E-state index in [9.17, 15) is 0 Å². The Bertz CT molecular complexity index is 1800. The molecule has 4 heterocycles. The lowest BCUT2D eigenvalue weighted by atomic mass is 10.1. The average molecular weight is 438 g/mol. The van der Waals surface area contributed by atoms with Crippen molar-refractivity contribution in [3.63, 3.8) is 0 Å². The summed E-state index contributed by atoms with van der Waals surface area (Å²) in [7, 11) is 0. The van der Waals surface area contributed by atoms with Gasteiger partial charge in [0.05, 0.1) is 27.8 Å². The van der Waals surface area contributed by atoms with Crippen LogP contribution in [0, 0.1) is 0 Å². The maximum Gasteiger partial charge on any atom is 0.227 e. The molecular formula is C29H18N4O. The van der Waals surface area contributed by atoms with Gasteiger partial charge in [0.25, 0.3) is 0 Å². The monoisotopic (exact) mass is 438 g/mol. The third kappa shape index (κ3) is 2.84. The van der Waals surface area contributed by atoms with Crippen LogP contribution < -0.4 is 0 Å². The second-order valence-electron chi connectivity index (χ2n) is 8.14. The number of nitrogens with zero attached hydrogens (tertiary/aromatic N) is 4. The van der Waals surface area contributed by atoms with Crippen LogP contribution in [0.4, 0.5) is 0 Å². The minimum atomic E-state index is 0.621. The number of para-hydroxylation sites is 1. The molecule has 0 fully saturated rings. The van der Waals surface area contributed by atoms with E-state index in [0.717, 1.165) is 55.7 Å². The van der Waals surface area contributed by atoms with E-state index >= 15 is 0 Å². The van der Waals surface area contributed by atoms with Crippen molar-refractivity contribution in [2.45, 2.75) is 0 Å². The number of pyridine rings is 2. The fourth-order valence-electron chi connectivity index (χ4n) is 4.59. The van der Waals surface area contributed by atoms with Gasteiger partial charge in [0.1, 0.15) is 11.3 Å². The Balaban J connectivity index is 1.52. The highest BCUT2D eigenvalue weighted by Crippen LogP contribution is 2.38. The summed E-state index contributed by atoms with van der Waals surface area (Å²) in [6, 6.07) is 34.4. The molecule has 5 heteroatoms. The van der Waals surface area contributed by atoms with E-state index in [0.29, 0.717) is 5.89 Å². The largest absolute Gasteiger partial charge is 0.435 e. The van der Waals surface area contributed by atoms with Crippen molar-refractivity contribution in [2.24, 2.45) is 0 Å². The molecule has 0 saturated carbocycles. The molecule has 0 aliphatic rings. The number of fused-ring (bicyclic) bond motifs is 5. The number of hydrogen-bond acceptors (Lipinski definition) is 4. The molecule has 0 N–H and O–H groups in total. The van der Waals surface area contributed by atoms with Crippen molar-refractivity contribution in [1.29, 1.82) is 0 Å². The van der Waals surface area contributed by atoms with Crippen molar-refractivity contribution < 1.29 is 4.42 Å². The molecule has 3 aromatic carbocycles. The van der Waals surface area contributed by atoms with Crippen LogP contribution in [0.1, 0.15) is 0 Å². The fraction of sp³-hybridized carbons (Fsp3) is 0. The zero-order chi connectivity index (χ0) is 22.5. The van der Waals surface area contributed by atoms with Crippen LogP contribution in [0.25, 0.3) is 61.6 Å². The normalized spacial score (nSPS) is 11.5. The molecule has 0 bridgehead atoms. The SMILES string of the molecule is c1ccc(-c2nc3ccc4c(c5ccccc5n4-c4cccc(-c5ccccn5)n4)c3o2)cc1. The summed E-state index contributed by atoms with van der Waals surface area (Å²) >= 11 is 0. The van der Waals surface area contributed by atoms with Gasteiger partial charge in [0.15, 0.2) is 5.58 Å². The Morgan fingerprint density at radius 1 is 0.618 bits per heavy atom. The lowest BCUT2D eigenvalue weighted by molar-refractivity contribution is 0.623. The van der Waals surface area contributed by atoms with Crippen LogP contribution in [0.3, 0.4) is 0 Å². The highest BCUT2D eigenvalue weighted by Gasteiger charge is 2.19. The maximum atomic E-state index is 6.36. The third-order valence-electron chi connectivity index (χ3n) is 6.10. The Morgan fingerprint density at radius 3 is 2.32 bits per heavy atom. The number of rotatable bonds is 3. The first-order valence-electron chi connectivity index (χ1n) is 11.1. The smallest absolute Gasteiger partial charge is 0.227 e. The van der Waals surface area contributed by atoms with Crippen LogP contribution in [0.2, 0.25) is 0 Å². The molecule has 0 unspecified atom stereocenters. The van der Waals surface area contributed by atoms with Gasteiger partial charge in [-0.15, -0.1) is 0 Å². The Labute approximate surface area is 195 Å². The summed E-state index contributed by atoms with van der Waals surface area (Å²) in [4.78, 5) is 14.2. The van der Waals surface area contributed by atoms with E-state index in [1.54, 1.807) is 6.20 Å². The van der Waals surface area contributed by atoms with Crippen molar-refractivity contribution in [1.82, 2.24) is 19.5 Å². The minimum Gasteiger partial charge on any atom is -0.435 e. The first-order chi connectivity index (χ1) is 16.9. The van der Waals surface area contributed by atoms with Crippen LogP contribution in [-0.2, 0) is 0 Å². The molecule has 160 valence electrons. The van der Waals surface area contributed by atoms with Gasteiger partial charge < -0.3 is 4.42 Å². The standard InChI is InChI=1S/C29H18N4O/c1-2-9-19(10-3-1)29-32-23-16-17-25-27(28(23)34-29)20-11-4-5-14-24(20)33(25)26-15-8-13-22(31-26)21-12-6-7-18-30-21/h1-18H. The summed E-state index contributed by atoms with van der Waals surface area (Å²) in [5, 5.41) is 2.14. The predicted molar refractivity (Wildman–Crippen MR) is 135 cm³/mol. The molecule has 0 aliphatic carbocycles. The molecule has 0 spiro atoms. The zero-order valence-electron chi connectivity index (χ0n) is 18.1. The van der Waals surface area contributed by atoms with Crippen molar-refractivity contribution in [3.05, 3.63) is 109 Å². The quantitative estimate of drug-likeness (QED) is 0.297. The molecule has 0 atom stereocenters. The summed E-state index contributed by atoms with van der Waals surface area (Å²) in [6.45, 7) is 0. The topological polar surface area (TPSA) is 56.7 Å². The second-order valence-corrected chi connectivity index (χ2v) is 8.14. The van der Waals surface area contributed by atoms with Crippen LogP contribution in [-0.4, -0.2) is 19.5 Å². The van der Waals surface area contributed by atoms with Crippen molar-refractivity contribution >= 4 is 32.9 Å². The second kappa shape index (κ2) is 7.39. The average Bonchev–Trinajstić information content (AvgIpc) is 3.49. The van der Waals surface area contributed by atoms with Gasteiger partial charge in [-0.3, -0.25) is 9.55 Å². The van der Waals surface area contributed by atoms with E-state index in [1.807, 2.05) is 78.9 Å². The van der Waals surface area contributed by atoms with E-state index in [1.165, 1.54) is 0 Å².